The van der Waals surface area contributed by atoms with E-state index in [1.807, 2.05) is 72.8 Å². The van der Waals surface area contributed by atoms with Crippen LogP contribution in [0.15, 0.2) is 97.6 Å². The van der Waals surface area contributed by atoms with Crippen molar-refractivity contribution in [2.75, 3.05) is 13.7 Å². The Kier molecular flexibility index (Phi) is 11.4. The van der Waals surface area contributed by atoms with Gasteiger partial charge in [-0.1, -0.05) is 87.5 Å². The topological polar surface area (TPSA) is 182 Å². The largest absolute Gasteiger partial charge is 0.497 e. The first-order chi connectivity index (χ1) is 28.1. The Balaban J connectivity index is 1.20. The molecule has 310 valence electrons. The number of hydrogen-bond acceptors (Lipinski definition) is 10. The number of sulfonamides is 1. The average Bonchev–Trinajstić information content (AvgIpc) is 4.15. The van der Waals surface area contributed by atoms with E-state index < -0.39 is 74.1 Å². The van der Waals surface area contributed by atoms with E-state index >= 15 is 0 Å². The van der Waals surface area contributed by atoms with Crippen LogP contribution in [-0.4, -0.2) is 84.7 Å². The maximum Gasteiger partial charge on any atom is 0.408 e. The van der Waals surface area contributed by atoms with Gasteiger partial charge in [0.2, 0.25) is 21.8 Å². The first-order valence-corrected chi connectivity index (χ1v) is 21.2. The monoisotopic (exact) mass is 823 g/mol. The fourth-order valence-corrected chi connectivity index (χ4v) is 8.79. The molecule has 7 rings (SSSR count). The number of methoxy groups -OCH3 is 1. The molecule has 1 aliphatic heterocycles. The van der Waals surface area contributed by atoms with E-state index in [9.17, 15) is 27.6 Å². The molecule has 0 bridgehead atoms. The molecule has 3 fully saturated rings. The minimum atomic E-state index is -3.93. The number of carbonyl (C=O) groups is 4. The molecule has 4 aromatic rings. The molecule has 3 aliphatic rings. The van der Waals surface area contributed by atoms with Gasteiger partial charge in [0.1, 0.15) is 41.8 Å². The Morgan fingerprint density at radius 1 is 1.00 bits per heavy atom. The average molecular weight is 824 g/mol. The Labute approximate surface area is 343 Å². The molecule has 4 amide bonds. The van der Waals surface area contributed by atoms with Crippen molar-refractivity contribution < 1.29 is 41.8 Å². The van der Waals surface area contributed by atoms with Crippen molar-refractivity contribution in [1.29, 1.82) is 0 Å². The number of alkyl carbamates (subject to hydrolysis) is 1. The number of aromatic nitrogens is 1. The van der Waals surface area contributed by atoms with E-state index in [1.54, 1.807) is 40.0 Å². The molecule has 0 spiro atoms. The second kappa shape index (κ2) is 16.4. The highest BCUT2D eigenvalue weighted by atomic mass is 32.2. The van der Waals surface area contributed by atoms with E-state index in [2.05, 4.69) is 21.9 Å². The summed E-state index contributed by atoms with van der Waals surface area (Å²) in [5, 5.41) is 5.57. The number of amides is 4. The van der Waals surface area contributed by atoms with Crippen LogP contribution >= 0.6 is 0 Å². The van der Waals surface area contributed by atoms with Crippen LogP contribution in [0, 0.1) is 11.3 Å². The molecule has 3 N–H and O–H groups in total. The molecule has 3 aromatic carbocycles. The third kappa shape index (κ3) is 9.04. The third-order valence-electron chi connectivity index (χ3n) is 11.0. The SMILES string of the molecule is C=CC1CC1(NC(=O)C1CC(Oc2cc(-c3ccccc3)nc3cc(OC)ccc23)CN1C(=O)C(NC(=O)OCc1ccccc1)C(C)(C)C)C(=O)NS(=O)(=O)C1CC1. The van der Waals surface area contributed by atoms with E-state index in [-0.39, 0.29) is 26.0 Å². The molecule has 1 aromatic heterocycles. The van der Waals surface area contributed by atoms with E-state index in [0.29, 0.717) is 40.9 Å². The molecule has 59 heavy (non-hydrogen) atoms. The lowest BCUT2D eigenvalue weighted by Crippen LogP contribution is -2.60. The molecule has 5 atom stereocenters. The van der Waals surface area contributed by atoms with E-state index in [1.165, 1.54) is 11.0 Å². The number of hydrogen-bond donors (Lipinski definition) is 3. The van der Waals surface area contributed by atoms with Crippen molar-refractivity contribution >= 4 is 44.7 Å². The lowest BCUT2D eigenvalue weighted by Gasteiger charge is -2.35. The minimum absolute atomic E-state index is 0.00432. The van der Waals surface area contributed by atoms with E-state index in [0.717, 1.165) is 11.1 Å². The van der Waals surface area contributed by atoms with Crippen molar-refractivity contribution in [1.82, 2.24) is 25.2 Å². The van der Waals surface area contributed by atoms with Crippen LogP contribution in [-0.2, 0) is 35.8 Å². The minimum Gasteiger partial charge on any atom is -0.497 e. The second-order valence-corrected chi connectivity index (χ2v) is 18.4. The fourth-order valence-electron chi connectivity index (χ4n) is 7.43. The number of fused-ring (bicyclic) bond motifs is 1. The van der Waals surface area contributed by atoms with Gasteiger partial charge in [-0.25, -0.2) is 18.2 Å². The van der Waals surface area contributed by atoms with Crippen LogP contribution in [0.2, 0.25) is 0 Å². The van der Waals surface area contributed by atoms with Crippen molar-refractivity contribution in [3.05, 3.63) is 103 Å². The normalized spacial score (nSPS) is 21.8. The summed E-state index contributed by atoms with van der Waals surface area (Å²) in [6, 6.07) is 23.6. The summed E-state index contributed by atoms with van der Waals surface area (Å²) in [6.07, 6.45) is 0.967. The molecular formula is C44H49N5O9S. The highest BCUT2D eigenvalue weighted by Gasteiger charge is 2.62. The van der Waals surface area contributed by atoms with Gasteiger partial charge < -0.3 is 29.7 Å². The summed E-state index contributed by atoms with van der Waals surface area (Å²) in [4.78, 5) is 62.3. The number of nitrogens with zero attached hydrogens (tertiary/aromatic N) is 2. The fraction of sp³-hybridized carbons (Fsp3) is 0.386. The molecule has 14 nitrogen and oxygen atoms in total. The Bertz CT molecular complexity index is 2370. The summed E-state index contributed by atoms with van der Waals surface area (Å²) >= 11 is 0. The molecule has 2 heterocycles. The zero-order valence-corrected chi connectivity index (χ0v) is 34.3. The summed E-state index contributed by atoms with van der Waals surface area (Å²) in [5.41, 5.74) is 0.403. The number of likely N-dealkylation sites (tertiary alicyclic amines) is 1. The quantitative estimate of drug-likeness (QED) is 0.142. The van der Waals surface area contributed by atoms with Crippen molar-refractivity contribution in [3.63, 3.8) is 0 Å². The molecule has 0 radical (unpaired) electrons. The van der Waals surface area contributed by atoms with Crippen LogP contribution in [0.4, 0.5) is 4.79 Å². The molecule has 2 saturated carbocycles. The van der Waals surface area contributed by atoms with Crippen molar-refractivity contribution in [3.8, 4) is 22.8 Å². The van der Waals surface area contributed by atoms with Crippen LogP contribution in [0.3, 0.4) is 0 Å². The van der Waals surface area contributed by atoms with Gasteiger partial charge in [0.15, 0.2) is 0 Å². The zero-order valence-electron chi connectivity index (χ0n) is 33.5. The van der Waals surface area contributed by atoms with Crippen molar-refractivity contribution in [2.45, 2.75) is 82.0 Å². The number of carbonyl (C=O) groups excluding carboxylic acids is 4. The van der Waals surface area contributed by atoms with Gasteiger partial charge in [-0.3, -0.25) is 19.1 Å². The molecule has 1 saturated heterocycles. The van der Waals surface area contributed by atoms with Crippen LogP contribution in [0.1, 0.15) is 52.0 Å². The van der Waals surface area contributed by atoms with Crippen LogP contribution < -0.4 is 24.8 Å². The van der Waals surface area contributed by atoms with Gasteiger partial charge >= 0.3 is 6.09 Å². The summed E-state index contributed by atoms with van der Waals surface area (Å²) in [5.74, 6) is -1.59. The third-order valence-corrected chi connectivity index (χ3v) is 12.8. The van der Waals surface area contributed by atoms with Gasteiger partial charge in [0.05, 0.1) is 30.1 Å². The zero-order chi connectivity index (χ0) is 42.1. The molecule has 2 aliphatic carbocycles. The van der Waals surface area contributed by atoms with Gasteiger partial charge in [-0.15, -0.1) is 6.58 Å². The van der Waals surface area contributed by atoms with Gasteiger partial charge in [-0.05, 0) is 42.4 Å². The first-order valence-electron chi connectivity index (χ1n) is 19.6. The summed E-state index contributed by atoms with van der Waals surface area (Å²) in [7, 11) is -2.36. The van der Waals surface area contributed by atoms with Crippen molar-refractivity contribution in [2.24, 2.45) is 11.3 Å². The number of nitrogens with one attached hydrogen (secondary N) is 3. The molecule has 15 heteroatoms. The van der Waals surface area contributed by atoms with Gasteiger partial charge in [0, 0.05) is 35.4 Å². The van der Waals surface area contributed by atoms with E-state index in [4.69, 9.17) is 19.2 Å². The number of pyridine rings is 1. The standard InChI is InChI=1S/C44H49N5O9S/c1-6-29-24-44(29,41(52)48-59(54,55)32-18-19-32)47-39(50)36-22-31(25-49(36)40(51)38(43(2,3)4)46-42(53)57-26-27-13-9-7-10-14-27)58-37-23-34(28-15-11-8-12-16-28)45-35-21-30(56-5)17-20-33(35)37/h6-17,20-21,23,29,31-32,36,38H,1,18-19,22,24-26H2,2-5H3,(H,46,53)(H,47,50)(H,48,52). The summed E-state index contributed by atoms with van der Waals surface area (Å²) in [6.45, 7) is 9.06. The predicted octanol–water partition coefficient (Wildman–Crippen LogP) is 5.27. The lowest BCUT2D eigenvalue weighted by atomic mass is 9.85. The lowest BCUT2D eigenvalue weighted by molar-refractivity contribution is -0.142. The maximum absolute atomic E-state index is 14.8. The highest BCUT2D eigenvalue weighted by Crippen LogP contribution is 2.46. The van der Waals surface area contributed by atoms with Gasteiger partial charge in [-0.2, -0.15) is 0 Å². The Morgan fingerprint density at radius 2 is 1.69 bits per heavy atom. The van der Waals surface area contributed by atoms with Gasteiger partial charge in [0.25, 0.3) is 5.91 Å². The predicted molar refractivity (Wildman–Crippen MR) is 221 cm³/mol. The smallest absolute Gasteiger partial charge is 0.408 e. The molecular weight excluding hydrogens is 775 g/mol. The summed E-state index contributed by atoms with van der Waals surface area (Å²) < 4.78 is 45.5. The number of benzene rings is 3. The number of rotatable bonds is 14. The van der Waals surface area contributed by atoms with Crippen LogP contribution in [0.25, 0.3) is 22.2 Å². The first kappa shape index (κ1) is 41.2. The molecule has 5 unspecified atom stereocenters. The second-order valence-electron chi connectivity index (χ2n) is 16.4. The van der Waals surface area contributed by atoms with Crippen LogP contribution in [0.5, 0.6) is 11.5 Å². The Hall–Kier alpha value is -5.96. The highest BCUT2D eigenvalue weighted by molar-refractivity contribution is 7.91. The number of ether oxygens (including phenoxy) is 3. The Morgan fingerprint density at radius 3 is 2.32 bits per heavy atom. The maximum atomic E-state index is 14.8.